The van der Waals surface area contributed by atoms with Crippen molar-refractivity contribution in [3.8, 4) is 0 Å². The first kappa shape index (κ1) is 10.7. The molecule has 2 aromatic rings. The van der Waals surface area contributed by atoms with Crippen molar-refractivity contribution in [3.05, 3.63) is 22.8 Å². The highest BCUT2D eigenvalue weighted by Gasteiger charge is 2.10. The lowest BCUT2D eigenvalue weighted by Gasteiger charge is -2.02. The fraction of sp³-hybridized carbons (Fsp3) is 0. The topological polar surface area (TPSA) is 107 Å². The van der Waals surface area contributed by atoms with Gasteiger partial charge >= 0.3 is 0 Å². The first-order valence-corrected chi connectivity index (χ1v) is 5.19. The Kier molecular flexibility index (Phi) is 2.93. The zero-order valence-corrected chi connectivity index (χ0v) is 9.29. The molecule has 0 spiro atoms. The van der Waals surface area contributed by atoms with Crippen LogP contribution in [0, 0.1) is 0 Å². The number of nitrogen functional groups attached to an aromatic ring is 1. The van der Waals surface area contributed by atoms with Crippen molar-refractivity contribution in [2.75, 3.05) is 11.1 Å². The largest absolute Gasteiger partial charge is 0.382 e. The lowest BCUT2D eigenvalue weighted by molar-refractivity contribution is 0.102. The van der Waals surface area contributed by atoms with E-state index < -0.39 is 5.91 Å². The molecule has 0 bridgehead atoms. The third-order valence-corrected chi connectivity index (χ3v) is 2.47. The molecule has 0 atom stereocenters. The van der Waals surface area contributed by atoms with Crippen LogP contribution in [-0.2, 0) is 0 Å². The molecule has 7 nitrogen and oxygen atoms in total. The minimum Gasteiger partial charge on any atom is -0.382 e. The Morgan fingerprint density at radius 2 is 2.38 bits per heavy atom. The van der Waals surface area contributed by atoms with Gasteiger partial charge in [0.25, 0.3) is 5.91 Å². The average molecular weight is 257 g/mol. The van der Waals surface area contributed by atoms with Crippen LogP contribution < -0.4 is 11.1 Å². The molecule has 0 fully saturated rings. The minimum atomic E-state index is -0.395. The fourth-order valence-corrected chi connectivity index (χ4v) is 1.45. The molecule has 0 aliphatic carbocycles. The number of hydrogen-bond acceptors (Lipinski definition) is 7. The quantitative estimate of drug-likeness (QED) is 0.824. The molecule has 0 radical (unpaired) electrons. The highest BCUT2D eigenvalue weighted by molar-refractivity contribution is 7.09. The van der Waals surface area contributed by atoms with Crippen LogP contribution in [0.25, 0.3) is 0 Å². The van der Waals surface area contributed by atoms with Crippen molar-refractivity contribution in [2.45, 2.75) is 0 Å². The Hall–Kier alpha value is -1.80. The van der Waals surface area contributed by atoms with Crippen LogP contribution in [0.5, 0.6) is 0 Å². The third-order valence-electron chi connectivity index (χ3n) is 1.65. The average Bonchev–Trinajstić information content (AvgIpc) is 2.74. The number of nitrogens with two attached hydrogens (primary N) is 1. The molecule has 3 N–H and O–H groups in total. The summed E-state index contributed by atoms with van der Waals surface area (Å²) in [6.45, 7) is 0. The fourth-order valence-electron chi connectivity index (χ4n) is 0.924. The number of nitrogens with zero attached hydrogens (tertiary/aromatic N) is 4. The molecule has 9 heteroatoms. The summed E-state index contributed by atoms with van der Waals surface area (Å²) in [5, 5.41) is 9.93. The summed E-state index contributed by atoms with van der Waals surface area (Å²) in [5.41, 5.74) is 5.71. The van der Waals surface area contributed by atoms with Gasteiger partial charge in [0.2, 0.25) is 5.13 Å². The van der Waals surface area contributed by atoms with Crippen molar-refractivity contribution < 1.29 is 4.79 Å². The summed E-state index contributed by atoms with van der Waals surface area (Å²) >= 11 is 6.71. The Labute approximate surface area is 98.8 Å². The van der Waals surface area contributed by atoms with E-state index in [9.17, 15) is 4.79 Å². The maximum absolute atomic E-state index is 11.6. The molecule has 0 unspecified atom stereocenters. The Morgan fingerprint density at radius 3 is 3.00 bits per heavy atom. The van der Waals surface area contributed by atoms with Gasteiger partial charge in [-0.2, -0.15) is 0 Å². The van der Waals surface area contributed by atoms with Gasteiger partial charge in [0.1, 0.15) is 5.82 Å². The lowest BCUT2D eigenvalue weighted by atomic mass is 10.2. The van der Waals surface area contributed by atoms with Gasteiger partial charge in [0, 0.05) is 17.7 Å². The number of nitrogens with one attached hydrogen (secondary N) is 1. The number of aromatic nitrogens is 4. The molecule has 0 aliphatic rings. The SMILES string of the molecule is Nc1ncc(C(=O)Nc2nnns2)cc1Cl. The first-order valence-electron chi connectivity index (χ1n) is 4.04. The maximum Gasteiger partial charge on any atom is 0.259 e. The normalized spacial score (nSPS) is 10.1. The number of carbonyl (C=O) groups is 1. The monoisotopic (exact) mass is 256 g/mol. The zero-order chi connectivity index (χ0) is 11.5. The molecule has 16 heavy (non-hydrogen) atoms. The summed E-state index contributed by atoms with van der Waals surface area (Å²) in [6.07, 6.45) is 1.32. The number of pyridine rings is 1. The van der Waals surface area contributed by atoms with Gasteiger partial charge in [-0.1, -0.05) is 21.2 Å². The van der Waals surface area contributed by atoms with E-state index in [1.54, 1.807) is 0 Å². The van der Waals surface area contributed by atoms with Gasteiger partial charge in [-0.15, -0.1) is 0 Å². The Morgan fingerprint density at radius 1 is 1.56 bits per heavy atom. The predicted molar refractivity (Wildman–Crippen MR) is 59.3 cm³/mol. The number of anilines is 2. The molecule has 2 heterocycles. The van der Waals surface area contributed by atoms with Gasteiger partial charge in [-0.05, 0) is 11.3 Å². The smallest absolute Gasteiger partial charge is 0.259 e. The first-order chi connectivity index (χ1) is 7.66. The third kappa shape index (κ3) is 2.23. The van der Waals surface area contributed by atoms with Crippen molar-refractivity contribution in [1.29, 1.82) is 0 Å². The summed E-state index contributed by atoms with van der Waals surface area (Å²) in [7, 11) is 0. The molecular formula is C7H5ClN6OS. The number of hydrogen-bond donors (Lipinski definition) is 2. The summed E-state index contributed by atoms with van der Waals surface area (Å²) in [5.74, 6) is -0.219. The molecule has 2 aromatic heterocycles. The highest BCUT2D eigenvalue weighted by atomic mass is 35.5. The summed E-state index contributed by atoms with van der Waals surface area (Å²) < 4.78 is 3.50. The second-order valence-electron chi connectivity index (χ2n) is 2.71. The van der Waals surface area contributed by atoms with Gasteiger partial charge in [0.05, 0.1) is 10.6 Å². The van der Waals surface area contributed by atoms with Gasteiger partial charge in [0.15, 0.2) is 0 Å². The van der Waals surface area contributed by atoms with Crippen molar-refractivity contribution in [1.82, 2.24) is 19.8 Å². The summed E-state index contributed by atoms with van der Waals surface area (Å²) in [6, 6.07) is 1.42. The van der Waals surface area contributed by atoms with Crippen LogP contribution in [0.4, 0.5) is 10.9 Å². The van der Waals surface area contributed by atoms with Crippen molar-refractivity contribution in [3.63, 3.8) is 0 Å². The zero-order valence-electron chi connectivity index (χ0n) is 7.72. The minimum absolute atomic E-state index is 0.177. The standard InChI is InChI=1S/C7H5ClN6OS/c8-4-1-3(2-10-5(4)9)6(15)11-7-12-13-14-16-7/h1-2H,(H2,9,10)(H,11,12,14,15). The van der Waals surface area contributed by atoms with Crippen LogP contribution in [0.15, 0.2) is 12.3 Å². The molecule has 2 rings (SSSR count). The number of rotatable bonds is 2. The van der Waals surface area contributed by atoms with Crippen molar-refractivity contribution >= 4 is 40.0 Å². The number of halogens is 1. The second-order valence-corrected chi connectivity index (χ2v) is 3.85. The molecule has 0 aliphatic heterocycles. The van der Waals surface area contributed by atoms with Gasteiger partial charge in [-0.25, -0.2) is 4.98 Å². The van der Waals surface area contributed by atoms with Crippen LogP contribution in [0.1, 0.15) is 10.4 Å². The Bertz CT molecular complexity index is 516. The van der Waals surface area contributed by atoms with Crippen LogP contribution >= 0.6 is 23.1 Å². The Balaban J connectivity index is 2.18. The van der Waals surface area contributed by atoms with Gasteiger partial charge in [-0.3, -0.25) is 10.1 Å². The van der Waals surface area contributed by atoms with E-state index in [1.807, 2.05) is 0 Å². The van der Waals surface area contributed by atoms with E-state index in [0.29, 0.717) is 5.13 Å². The van der Waals surface area contributed by atoms with Gasteiger partial charge < -0.3 is 5.73 Å². The van der Waals surface area contributed by atoms with Crippen molar-refractivity contribution in [2.24, 2.45) is 0 Å². The van der Waals surface area contributed by atoms with E-state index in [-0.39, 0.29) is 16.4 Å². The number of carbonyl (C=O) groups excluding carboxylic acids is 1. The predicted octanol–water partition coefficient (Wildman–Crippen LogP) is 0.816. The molecule has 0 aromatic carbocycles. The van der Waals surface area contributed by atoms with Crippen LogP contribution in [0.2, 0.25) is 5.02 Å². The molecule has 0 saturated carbocycles. The number of amides is 1. The van der Waals surface area contributed by atoms with Crippen LogP contribution in [-0.4, -0.2) is 25.7 Å². The van der Waals surface area contributed by atoms with E-state index >= 15 is 0 Å². The van der Waals surface area contributed by atoms with E-state index in [1.165, 1.54) is 12.3 Å². The second kappa shape index (κ2) is 4.37. The molecule has 1 amide bonds. The lowest BCUT2D eigenvalue weighted by Crippen LogP contribution is -2.12. The highest BCUT2D eigenvalue weighted by Crippen LogP contribution is 2.17. The summed E-state index contributed by atoms with van der Waals surface area (Å²) in [4.78, 5) is 15.4. The van der Waals surface area contributed by atoms with E-state index in [4.69, 9.17) is 17.3 Å². The van der Waals surface area contributed by atoms with Crippen LogP contribution in [0.3, 0.4) is 0 Å². The molecular weight excluding hydrogens is 252 g/mol. The van der Waals surface area contributed by atoms with E-state index in [2.05, 4.69) is 25.1 Å². The maximum atomic E-state index is 11.6. The molecule has 0 saturated heterocycles. The molecule has 82 valence electrons. The van der Waals surface area contributed by atoms with E-state index in [0.717, 1.165) is 11.5 Å².